The third kappa shape index (κ3) is 2.27. The van der Waals surface area contributed by atoms with Crippen molar-refractivity contribution in [2.45, 2.75) is 33.5 Å². The summed E-state index contributed by atoms with van der Waals surface area (Å²) in [5, 5.41) is 18.1. The van der Waals surface area contributed by atoms with Crippen LogP contribution in [0.15, 0.2) is 12.5 Å². The van der Waals surface area contributed by atoms with Gasteiger partial charge in [0.05, 0.1) is 12.7 Å². The van der Waals surface area contributed by atoms with Gasteiger partial charge >= 0.3 is 0 Å². The topological polar surface area (TPSA) is 71.4 Å². The molecule has 86 valence electrons. The molecule has 0 saturated carbocycles. The molecule has 2 rings (SSSR count). The van der Waals surface area contributed by atoms with E-state index in [0.29, 0.717) is 0 Å². The van der Waals surface area contributed by atoms with Crippen molar-refractivity contribution in [1.82, 2.24) is 30.3 Å². The molecule has 0 radical (unpaired) electrons. The minimum absolute atomic E-state index is 0.721. The maximum atomic E-state index is 4.06. The monoisotopic (exact) mass is 220 g/mol. The van der Waals surface area contributed by atoms with E-state index in [9.17, 15) is 0 Å². The highest BCUT2D eigenvalue weighted by atomic mass is 15.3. The average molecular weight is 220 g/mol. The van der Waals surface area contributed by atoms with Gasteiger partial charge in [-0.15, -0.1) is 10.2 Å². The standard InChI is InChI=1S/C10H16N6/c1-3-16-7-13-15-10(16)6-11-4-9-5-12-14-8(9)2/h5,7,11H,3-4,6H2,1-2H3,(H,12,14). The van der Waals surface area contributed by atoms with E-state index in [2.05, 4.69) is 32.6 Å². The van der Waals surface area contributed by atoms with Crippen molar-refractivity contribution < 1.29 is 0 Å². The van der Waals surface area contributed by atoms with Gasteiger partial charge in [0.25, 0.3) is 0 Å². The molecule has 0 fully saturated rings. The first-order valence-electron chi connectivity index (χ1n) is 5.37. The molecule has 0 aliphatic rings. The van der Waals surface area contributed by atoms with Gasteiger partial charge in [-0.3, -0.25) is 5.10 Å². The van der Waals surface area contributed by atoms with Gasteiger partial charge < -0.3 is 9.88 Å². The maximum Gasteiger partial charge on any atom is 0.146 e. The maximum absolute atomic E-state index is 4.06. The van der Waals surface area contributed by atoms with Gasteiger partial charge in [0, 0.05) is 24.3 Å². The molecule has 0 aromatic carbocycles. The van der Waals surface area contributed by atoms with Crippen LogP contribution in [-0.2, 0) is 19.6 Å². The first-order valence-corrected chi connectivity index (χ1v) is 5.37. The van der Waals surface area contributed by atoms with Crippen molar-refractivity contribution in [3.63, 3.8) is 0 Å². The number of H-pyrrole nitrogens is 1. The Morgan fingerprint density at radius 1 is 1.44 bits per heavy atom. The van der Waals surface area contributed by atoms with Gasteiger partial charge in [0.2, 0.25) is 0 Å². The van der Waals surface area contributed by atoms with E-state index in [4.69, 9.17) is 0 Å². The second-order valence-corrected chi connectivity index (χ2v) is 3.66. The van der Waals surface area contributed by atoms with Crippen LogP contribution in [0.2, 0.25) is 0 Å². The lowest BCUT2D eigenvalue weighted by Gasteiger charge is -2.04. The molecule has 2 aromatic rings. The Hall–Kier alpha value is -1.69. The summed E-state index contributed by atoms with van der Waals surface area (Å²) in [6.07, 6.45) is 3.59. The van der Waals surface area contributed by atoms with Crippen LogP contribution in [0.5, 0.6) is 0 Å². The lowest BCUT2D eigenvalue weighted by atomic mass is 10.2. The molecule has 0 spiro atoms. The molecule has 0 unspecified atom stereocenters. The Balaban J connectivity index is 1.87. The van der Waals surface area contributed by atoms with Crippen LogP contribution >= 0.6 is 0 Å². The van der Waals surface area contributed by atoms with E-state index in [1.165, 1.54) is 5.56 Å². The molecule has 16 heavy (non-hydrogen) atoms. The average Bonchev–Trinajstić information content (AvgIpc) is 2.88. The molecule has 6 heteroatoms. The largest absolute Gasteiger partial charge is 0.317 e. The predicted octanol–water partition coefficient (Wildman–Crippen LogP) is 0.619. The number of hydrogen-bond donors (Lipinski definition) is 2. The number of aromatic nitrogens is 5. The highest BCUT2D eigenvalue weighted by molar-refractivity contribution is 5.13. The predicted molar refractivity (Wildman–Crippen MR) is 59.6 cm³/mol. The van der Waals surface area contributed by atoms with Gasteiger partial charge in [-0.05, 0) is 13.8 Å². The third-order valence-electron chi connectivity index (χ3n) is 2.57. The molecule has 6 nitrogen and oxygen atoms in total. The second kappa shape index (κ2) is 4.89. The number of hydrogen-bond acceptors (Lipinski definition) is 4. The molecule has 0 saturated heterocycles. The van der Waals surface area contributed by atoms with Crippen molar-refractivity contribution in [2.24, 2.45) is 0 Å². The van der Waals surface area contributed by atoms with Gasteiger partial charge in [-0.25, -0.2) is 0 Å². The Kier molecular flexibility index (Phi) is 3.31. The highest BCUT2D eigenvalue weighted by Crippen LogP contribution is 2.02. The first kappa shape index (κ1) is 10.8. The summed E-state index contributed by atoms with van der Waals surface area (Å²) >= 11 is 0. The van der Waals surface area contributed by atoms with Gasteiger partial charge in [0.15, 0.2) is 0 Å². The first-order chi connectivity index (χ1) is 7.81. The zero-order chi connectivity index (χ0) is 11.4. The molecule has 0 aliphatic heterocycles. The van der Waals surface area contributed by atoms with Crippen LogP contribution < -0.4 is 5.32 Å². The summed E-state index contributed by atoms with van der Waals surface area (Å²) in [5.74, 6) is 0.962. The molecule has 2 heterocycles. The quantitative estimate of drug-likeness (QED) is 0.775. The summed E-state index contributed by atoms with van der Waals surface area (Å²) in [7, 11) is 0. The molecule has 0 atom stereocenters. The lowest BCUT2D eigenvalue weighted by molar-refractivity contribution is 0.611. The van der Waals surface area contributed by atoms with Crippen molar-refractivity contribution in [2.75, 3.05) is 0 Å². The Bertz CT molecular complexity index is 444. The number of aromatic amines is 1. The molecule has 2 N–H and O–H groups in total. The zero-order valence-electron chi connectivity index (χ0n) is 9.56. The van der Waals surface area contributed by atoms with Crippen molar-refractivity contribution in [1.29, 1.82) is 0 Å². The number of rotatable bonds is 5. The third-order valence-corrected chi connectivity index (χ3v) is 2.57. The van der Waals surface area contributed by atoms with Crippen LogP contribution in [-0.4, -0.2) is 25.0 Å². The molecule has 0 amide bonds. The zero-order valence-corrected chi connectivity index (χ0v) is 9.56. The fraction of sp³-hybridized carbons (Fsp3) is 0.500. The normalized spacial score (nSPS) is 10.9. The lowest BCUT2D eigenvalue weighted by Crippen LogP contribution is -2.16. The Labute approximate surface area is 94.1 Å². The SMILES string of the molecule is CCn1cnnc1CNCc1cn[nH]c1C. The molecule has 2 aromatic heterocycles. The van der Waals surface area contributed by atoms with E-state index in [-0.39, 0.29) is 0 Å². The van der Waals surface area contributed by atoms with Gasteiger partial charge in [-0.1, -0.05) is 0 Å². The minimum atomic E-state index is 0.721. The fourth-order valence-corrected chi connectivity index (χ4v) is 1.54. The molecular formula is C10H16N6. The summed E-state index contributed by atoms with van der Waals surface area (Å²) in [5.41, 5.74) is 2.28. The van der Waals surface area contributed by atoms with Crippen molar-refractivity contribution in [3.8, 4) is 0 Å². The number of nitrogens with zero attached hydrogens (tertiary/aromatic N) is 4. The van der Waals surface area contributed by atoms with E-state index in [1.807, 2.05) is 17.7 Å². The summed E-state index contributed by atoms with van der Waals surface area (Å²) in [6, 6.07) is 0. The van der Waals surface area contributed by atoms with E-state index in [0.717, 1.165) is 31.2 Å². The number of nitrogens with one attached hydrogen (secondary N) is 2. The highest BCUT2D eigenvalue weighted by Gasteiger charge is 2.03. The van der Waals surface area contributed by atoms with Gasteiger partial charge in [-0.2, -0.15) is 5.10 Å². The van der Waals surface area contributed by atoms with Crippen LogP contribution in [0.4, 0.5) is 0 Å². The minimum Gasteiger partial charge on any atom is -0.317 e. The summed E-state index contributed by atoms with van der Waals surface area (Å²) in [6.45, 7) is 6.50. The van der Waals surface area contributed by atoms with E-state index < -0.39 is 0 Å². The Morgan fingerprint density at radius 3 is 3.00 bits per heavy atom. The van der Waals surface area contributed by atoms with E-state index >= 15 is 0 Å². The Morgan fingerprint density at radius 2 is 2.31 bits per heavy atom. The fourth-order valence-electron chi connectivity index (χ4n) is 1.54. The van der Waals surface area contributed by atoms with Crippen molar-refractivity contribution >= 4 is 0 Å². The van der Waals surface area contributed by atoms with Crippen LogP contribution in [0.1, 0.15) is 24.0 Å². The smallest absolute Gasteiger partial charge is 0.146 e. The van der Waals surface area contributed by atoms with E-state index in [1.54, 1.807) is 6.33 Å². The second-order valence-electron chi connectivity index (χ2n) is 3.66. The number of aryl methyl sites for hydroxylation is 2. The molecule has 0 bridgehead atoms. The van der Waals surface area contributed by atoms with Crippen LogP contribution in [0.25, 0.3) is 0 Å². The van der Waals surface area contributed by atoms with Crippen LogP contribution in [0.3, 0.4) is 0 Å². The van der Waals surface area contributed by atoms with Crippen molar-refractivity contribution in [3.05, 3.63) is 29.6 Å². The molecular weight excluding hydrogens is 204 g/mol. The van der Waals surface area contributed by atoms with Crippen LogP contribution in [0, 0.1) is 6.92 Å². The molecule has 0 aliphatic carbocycles. The van der Waals surface area contributed by atoms with Gasteiger partial charge in [0.1, 0.15) is 12.2 Å². The summed E-state index contributed by atoms with van der Waals surface area (Å²) < 4.78 is 2.02. The summed E-state index contributed by atoms with van der Waals surface area (Å²) in [4.78, 5) is 0.